The highest BCUT2D eigenvalue weighted by atomic mass is 16.6. The number of hydrazone groups is 1. The van der Waals surface area contributed by atoms with E-state index in [1.54, 1.807) is 24.4 Å². The Hall–Kier alpha value is -3.09. The molecule has 0 bridgehead atoms. The summed E-state index contributed by atoms with van der Waals surface area (Å²) in [6.45, 7) is 7.46. The van der Waals surface area contributed by atoms with Crippen LogP contribution in [-0.2, 0) is 6.42 Å². The van der Waals surface area contributed by atoms with Crippen molar-refractivity contribution in [2.75, 3.05) is 5.43 Å². The maximum Gasteiger partial charge on any atom is 0.269 e. The second kappa shape index (κ2) is 7.26. The van der Waals surface area contributed by atoms with Gasteiger partial charge in [-0.15, -0.1) is 6.58 Å². The van der Waals surface area contributed by atoms with Crippen LogP contribution < -0.4 is 5.43 Å². The van der Waals surface area contributed by atoms with E-state index in [2.05, 4.69) is 27.1 Å². The zero-order valence-electron chi connectivity index (χ0n) is 13.0. The fraction of sp³-hybridized carbons (Fsp3) is 0.188. The standard InChI is InChI=1S/C16H17N5O2/c1-4-5-15-11(2)18-12(3)19-16(15)20-17-10-13-6-8-14(9-7-13)21(22)23/h4,6-10H,1,5H2,2-3H3,(H,18,19,20)/b17-10+. The molecule has 0 amide bonds. The molecule has 118 valence electrons. The van der Waals surface area contributed by atoms with E-state index in [9.17, 15) is 10.1 Å². The first kappa shape index (κ1) is 16.3. The SMILES string of the molecule is C=CCc1c(C)nc(C)nc1N/N=C/c1ccc([N+](=O)[O-])cc1. The fourth-order valence-electron chi connectivity index (χ4n) is 2.07. The molecule has 0 saturated heterocycles. The molecule has 0 aliphatic rings. The molecule has 0 radical (unpaired) electrons. The van der Waals surface area contributed by atoms with E-state index in [1.807, 2.05) is 13.8 Å². The quantitative estimate of drug-likeness (QED) is 0.383. The molecular weight excluding hydrogens is 294 g/mol. The van der Waals surface area contributed by atoms with Gasteiger partial charge < -0.3 is 0 Å². The van der Waals surface area contributed by atoms with Gasteiger partial charge in [0.2, 0.25) is 0 Å². The largest absolute Gasteiger partial charge is 0.269 e. The Kier molecular flexibility index (Phi) is 5.14. The number of nitro groups is 1. The number of nitro benzene ring substituents is 1. The summed E-state index contributed by atoms with van der Waals surface area (Å²) in [5, 5.41) is 14.8. The van der Waals surface area contributed by atoms with Crippen LogP contribution >= 0.6 is 0 Å². The lowest BCUT2D eigenvalue weighted by Gasteiger charge is -2.09. The summed E-state index contributed by atoms with van der Waals surface area (Å²) in [6, 6.07) is 6.13. The summed E-state index contributed by atoms with van der Waals surface area (Å²) in [5.41, 5.74) is 5.51. The Morgan fingerprint density at radius 2 is 2.00 bits per heavy atom. The number of nitrogens with zero attached hydrogens (tertiary/aromatic N) is 4. The van der Waals surface area contributed by atoms with Crippen molar-refractivity contribution in [3.8, 4) is 0 Å². The maximum atomic E-state index is 10.6. The number of anilines is 1. The molecule has 0 aliphatic carbocycles. The molecule has 0 atom stereocenters. The number of hydrogen-bond acceptors (Lipinski definition) is 6. The van der Waals surface area contributed by atoms with Crippen LogP contribution in [0.5, 0.6) is 0 Å². The summed E-state index contributed by atoms with van der Waals surface area (Å²) in [4.78, 5) is 18.9. The molecule has 7 nitrogen and oxygen atoms in total. The molecule has 0 spiro atoms. The molecule has 0 aliphatic heterocycles. The molecule has 1 aromatic carbocycles. The molecule has 2 rings (SSSR count). The summed E-state index contributed by atoms with van der Waals surface area (Å²) in [6.07, 6.45) is 4.00. The van der Waals surface area contributed by atoms with Crippen LogP contribution in [0.25, 0.3) is 0 Å². The van der Waals surface area contributed by atoms with Gasteiger partial charge in [-0.05, 0) is 38.0 Å². The van der Waals surface area contributed by atoms with E-state index in [1.165, 1.54) is 12.1 Å². The second-order valence-electron chi connectivity index (χ2n) is 4.89. The molecule has 1 heterocycles. The number of hydrogen-bond donors (Lipinski definition) is 1. The van der Waals surface area contributed by atoms with Crippen LogP contribution in [0.4, 0.5) is 11.5 Å². The van der Waals surface area contributed by atoms with E-state index in [0.29, 0.717) is 18.1 Å². The van der Waals surface area contributed by atoms with Gasteiger partial charge in [0.1, 0.15) is 5.82 Å². The van der Waals surface area contributed by atoms with Gasteiger partial charge in [0.15, 0.2) is 5.82 Å². The van der Waals surface area contributed by atoms with Crippen LogP contribution in [0.15, 0.2) is 42.0 Å². The summed E-state index contributed by atoms with van der Waals surface area (Å²) in [5.74, 6) is 1.29. The van der Waals surface area contributed by atoms with Gasteiger partial charge in [0, 0.05) is 23.4 Å². The fourth-order valence-corrected chi connectivity index (χ4v) is 2.07. The average molecular weight is 311 g/mol. The van der Waals surface area contributed by atoms with Gasteiger partial charge in [0.05, 0.1) is 11.1 Å². The highest BCUT2D eigenvalue weighted by Gasteiger charge is 2.08. The number of rotatable bonds is 6. The predicted molar refractivity (Wildman–Crippen MR) is 89.7 cm³/mol. The normalized spacial score (nSPS) is 10.7. The van der Waals surface area contributed by atoms with Gasteiger partial charge in [-0.2, -0.15) is 5.10 Å². The second-order valence-corrected chi connectivity index (χ2v) is 4.89. The summed E-state index contributed by atoms with van der Waals surface area (Å²) < 4.78 is 0. The van der Waals surface area contributed by atoms with Crippen LogP contribution in [0, 0.1) is 24.0 Å². The van der Waals surface area contributed by atoms with Crippen molar-refractivity contribution in [1.29, 1.82) is 0 Å². The third-order valence-electron chi connectivity index (χ3n) is 3.16. The highest BCUT2D eigenvalue weighted by molar-refractivity contribution is 5.80. The number of aryl methyl sites for hydroxylation is 2. The van der Waals surface area contributed by atoms with Crippen molar-refractivity contribution in [3.63, 3.8) is 0 Å². The van der Waals surface area contributed by atoms with Crippen LogP contribution in [0.3, 0.4) is 0 Å². The smallest absolute Gasteiger partial charge is 0.261 e. The zero-order valence-corrected chi connectivity index (χ0v) is 13.0. The lowest BCUT2D eigenvalue weighted by molar-refractivity contribution is -0.384. The topological polar surface area (TPSA) is 93.3 Å². The van der Waals surface area contributed by atoms with Gasteiger partial charge in [-0.1, -0.05) is 6.08 Å². The van der Waals surface area contributed by atoms with E-state index in [4.69, 9.17) is 0 Å². The Morgan fingerprint density at radius 1 is 1.30 bits per heavy atom. The minimum Gasteiger partial charge on any atom is -0.261 e. The van der Waals surface area contributed by atoms with Gasteiger partial charge in [0.25, 0.3) is 5.69 Å². The lowest BCUT2D eigenvalue weighted by Crippen LogP contribution is -2.05. The average Bonchev–Trinajstić information content (AvgIpc) is 2.51. The zero-order chi connectivity index (χ0) is 16.8. The maximum absolute atomic E-state index is 10.6. The lowest BCUT2D eigenvalue weighted by atomic mass is 10.1. The molecule has 7 heteroatoms. The molecule has 0 saturated carbocycles. The minimum atomic E-state index is -0.437. The van der Waals surface area contributed by atoms with Crippen molar-refractivity contribution in [2.24, 2.45) is 5.10 Å². The highest BCUT2D eigenvalue weighted by Crippen LogP contribution is 2.17. The van der Waals surface area contributed by atoms with E-state index in [0.717, 1.165) is 16.8 Å². The van der Waals surface area contributed by atoms with Crippen LogP contribution in [0.1, 0.15) is 22.6 Å². The summed E-state index contributed by atoms with van der Waals surface area (Å²) >= 11 is 0. The first-order valence-corrected chi connectivity index (χ1v) is 7.00. The van der Waals surface area contributed by atoms with Gasteiger partial charge >= 0.3 is 0 Å². The Morgan fingerprint density at radius 3 is 2.61 bits per heavy atom. The van der Waals surface area contributed by atoms with Gasteiger partial charge in [-0.3, -0.25) is 15.5 Å². The number of benzene rings is 1. The van der Waals surface area contributed by atoms with Crippen molar-refractivity contribution < 1.29 is 4.92 Å². The Balaban J connectivity index is 2.16. The van der Waals surface area contributed by atoms with E-state index >= 15 is 0 Å². The van der Waals surface area contributed by atoms with Crippen LogP contribution in [0.2, 0.25) is 0 Å². The van der Waals surface area contributed by atoms with Crippen LogP contribution in [-0.4, -0.2) is 21.1 Å². The number of allylic oxidation sites excluding steroid dienone is 1. The first-order valence-electron chi connectivity index (χ1n) is 7.00. The molecule has 23 heavy (non-hydrogen) atoms. The molecule has 0 unspecified atom stereocenters. The van der Waals surface area contributed by atoms with Crippen molar-refractivity contribution in [3.05, 3.63) is 69.7 Å². The number of aromatic nitrogens is 2. The minimum absolute atomic E-state index is 0.0467. The number of non-ortho nitro benzene ring substituents is 1. The molecule has 0 fully saturated rings. The first-order chi connectivity index (χ1) is 11.0. The van der Waals surface area contributed by atoms with Crippen molar-refractivity contribution >= 4 is 17.7 Å². The van der Waals surface area contributed by atoms with Crippen molar-refractivity contribution in [1.82, 2.24) is 9.97 Å². The van der Waals surface area contributed by atoms with Gasteiger partial charge in [-0.25, -0.2) is 9.97 Å². The van der Waals surface area contributed by atoms with E-state index in [-0.39, 0.29) is 5.69 Å². The van der Waals surface area contributed by atoms with Crippen molar-refractivity contribution in [2.45, 2.75) is 20.3 Å². The Labute approximate surface area is 133 Å². The third kappa shape index (κ3) is 4.19. The third-order valence-corrected chi connectivity index (χ3v) is 3.16. The Bertz CT molecular complexity index is 754. The van der Waals surface area contributed by atoms with E-state index < -0.39 is 4.92 Å². The molecule has 1 aromatic heterocycles. The monoisotopic (exact) mass is 311 g/mol. The number of nitrogens with one attached hydrogen (secondary N) is 1. The molecule has 1 N–H and O–H groups in total. The molecule has 2 aromatic rings. The summed E-state index contributed by atoms with van der Waals surface area (Å²) in [7, 11) is 0. The molecular formula is C16H17N5O2. The predicted octanol–water partition coefficient (Wildman–Crippen LogP) is 3.18.